The lowest BCUT2D eigenvalue weighted by Gasteiger charge is -2.36. The van der Waals surface area contributed by atoms with Gasteiger partial charge in [-0.2, -0.15) is 0 Å². The third-order valence-electron chi connectivity index (χ3n) is 5.97. The number of benzene rings is 1. The van der Waals surface area contributed by atoms with E-state index in [1.54, 1.807) is 16.8 Å². The second kappa shape index (κ2) is 8.49. The van der Waals surface area contributed by atoms with Crippen molar-refractivity contribution in [3.05, 3.63) is 48.0 Å². The number of Topliss-reactive ketones (excluding diaryl/α,β-unsaturated/α-hetero) is 1. The van der Waals surface area contributed by atoms with Gasteiger partial charge in [-0.05, 0) is 43.3 Å². The predicted octanol–water partition coefficient (Wildman–Crippen LogP) is 2.05. The van der Waals surface area contributed by atoms with Crippen LogP contribution in [0.15, 0.2) is 41.4 Å². The van der Waals surface area contributed by atoms with Crippen LogP contribution in [-0.4, -0.2) is 74.3 Å². The molecule has 1 aromatic carbocycles. The molecule has 0 unspecified atom stereocenters. The Kier molecular flexibility index (Phi) is 5.95. The maximum atomic E-state index is 13.1. The van der Waals surface area contributed by atoms with E-state index < -0.39 is 10.0 Å². The van der Waals surface area contributed by atoms with E-state index in [-0.39, 0.29) is 29.5 Å². The molecule has 3 heterocycles. The van der Waals surface area contributed by atoms with Crippen LogP contribution in [0.5, 0.6) is 0 Å². The fourth-order valence-electron chi connectivity index (χ4n) is 4.16. The minimum absolute atomic E-state index is 0.115. The van der Waals surface area contributed by atoms with Crippen LogP contribution in [0.25, 0.3) is 0 Å². The Morgan fingerprint density at radius 3 is 2.37 bits per heavy atom. The zero-order chi connectivity index (χ0) is 21.3. The molecule has 0 radical (unpaired) electrons. The highest BCUT2D eigenvalue weighted by molar-refractivity contribution is 7.89. The highest BCUT2D eigenvalue weighted by atomic mass is 32.2. The molecule has 0 N–H and O–H groups in total. The third-order valence-corrected chi connectivity index (χ3v) is 7.86. The highest BCUT2D eigenvalue weighted by Gasteiger charge is 2.33. The summed E-state index contributed by atoms with van der Waals surface area (Å²) >= 11 is 0. The Morgan fingerprint density at radius 1 is 0.967 bits per heavy atom. The van der Waals surface area contributed by atoms with Crippen molar-refractivity contribution in [2.45, 2.75) is 24.3 Å². The summed E-state index contributed by atoms with van der Waals surface area (Å²) in [6.45, 7) is 5.30. The van der Waals surface area contributed by atoms with E-state index in [2.05, 4.69) is 9.80 Å². The molecule has 7 nitrogen and oxygen atoms in total. The minimum Gasteiger partial charge on any atom is -0.369 e. The number of anilines is 1. The van der Waals surface area contributed by atoms with Crippen molar-refractivity contribution in [2.75, 3.05) is 51.2 Å². The Bertz CT molecular complexity index is 1010. The first-order valence-corrected chi connectivity index (χ1v) is 11.7. The summed E-state index contributed by atoms with van der Waals surface area (Å²) in [6, 6.07) is 8.14. The number of carbonyl (C=O) groups excluding carboxylic acids is 1. The largest absolute Gasteiger partial charge is 0.369 e. The number of sulfonamides is 1. The lowest BCUT2D eigenvalue weighted by molar-refractivity contribution is 0.0968. The van der Waals surface area contributed by atoms with E-state index in [1.165, 1.54) is 23.5 Å². The van der Waals surface area contributed by atoms with Gasteiger partial charge in [0.15, 0.2) is 5.78 Å². The van der Waals surface area contributed by atoms with E-state index in [0.29, 0.717) is 12.2 Å². The van der Waals surface area contributed by atoms with E-state index >= 15 is 0 Å². The van der Waals surface area contributed by atoms with Crippen molar-refractivity contribution in [1.29, 1.82) is 0 Å². The van der Waals surface area contributed by atoms with Gasteiger partial charge in [-0.1, -0.05) is 0 Å². The molecule has 1 fully saturated rings. The molecular weight excluding hydrogens is 407 g/mol. The molecular formula is C21H27FN4O3S. The van der Waals surface area contributed by atoms with Crippen LogP contribution in [0.3, 0.4) is 0 Å². The van der Waals surface area contributed by atoms with Gasteiger partial charge >= 0.3 is 0 Å². The molecule has 0 saturated carbocycles. The summed E-state index contributed by atoms with van der Waals surface area (Å²) in [5.74, 6) is -0.339. The number of fused-ring (bicyclic) bond motifs is 1. The summed E-state index contributed by atoms with van der Waals surface area (Å²) < 4.78 is 41.3. The lowest BCUT2D eigenvalue weighted by Crippen LogP contribution is -2.46. The van der Waals surface area contributed by atoms with Gasteiger partial charge in [0, 0.05) is 64.6 Å². The molecule has 0 atom stereocenters. The van der Waals surface area contributed by atoms with Gasteiger partial charge < -0.3 is 9.47 Å². The molecule has 1 aromatic heterocycles. The smallest absolute Gasteiger partial charge is 0.245 e. The third kappa shape index (κ3) is 4.14. The molecule has 0 spiro atoms. The Labute approximate surface area is 176 Å². The van der Waals surface area contributed by atoms with Crippen LogP contribution in [0.2, 0.25) is 0 Å². The Morgan fingerprint density at radius 2 is 1.67 bits per heavy atom. The van der Waals surface area contributed by atoms with Crippen molar-refractivity contribution in [3.63, 3.8) is 0 Å². The van der Waals surface area contributed by atoms with Crippen LogP contribution in [0, 0.1) is 5.82 Å². The molecule has 4 rings (SSSR count). The fourth-order valence-corrected chi connectivity index (χ4v) is 5.53. The topological polar surface area (TPSA) is 65.9 Å². The number of rotatable bonds is 5. The van der Waals surface area contributed by atoms with Crippen LogP contribution in [0.4, 0.5) is 10.1 Å². The minimum atomic E-state index is -3.60. The Hall–Kier alpha value is -2.23. The number of piperazine rings is 1. The molecule has 9 heteroatoms. The van der Waals surface area contributed by atoms with Gasteiger partial charge in [-0.25, -0.2) is 17.1 Å². The summed E-state index contributed by atoms with van der Waals surface area (Å²) in [5.41, 5.74) is 1.36. The molecule has 2 aliphatic rings. The highest BCUT2D eigenvalue weighted by Crippen LogP contribution is 2.26. The maximum Gasteiger partial charge on any atom is 0.245 e. The first-order valence-electron chi connectivity index (χ1n) is 10.3. The molecule has 0 amide bonds. The van der Waals surface area contributed by atoms with Gasteiger partial charge in [-0.15, -0.1) is 0 Å². The second-order valence-electron chi connectivity index (χ2n) is 7.88. The van der Waals surface area contributed by atoms with Crippen LogP contribution >= 0.6 is 0 Å². The van der Waals surface area contributed by atoms with E-state index in [0.717, 1.165) is 44.8 Å². The van der Waals surface area contributed by atoms with E-state index in [9.17, 15) is 17.6 Å². The number of halogens is 1. The molecule has 162 valence electrons. The number of aryl methyl sites for hydroxylation is 1. The fraction of sp³-hybridized carbons (Fsp3) is 0.476. The van der Waals surface area contributed by atoms with Gasteiger partial charge in [0.2, 0.25) is 10.0 Å². The van der Waals surface area contributed by atoms with Gasteiger partial charge in [0.25, 0.3) is 0 Å². The van der Waals surface area contributed by atoms with Gasteiger partial charge in [0.05, 0.1) is 0 Å². The van der Waals surface area contributed by atoms with Crippen molar-refractivity contribution in [2.24, 2.45) is 0 Å². The van der Waals surface area contributed by atoms with Crippen molar-refractivity contribution in [3.8, 4) is 0 Å². The molecule has 30 heavy (non-hydrogen) atoms. The number of nitrogens with zero attached hydrogens (tertiary/aromatic N) is 4. The summed E-state index contributed by atoms with van der Waals surface area (Å²) in [5, 5.41) is 0. The Balaban J connectivity index is 1.33. The van der Waals surface area contributed by atoms with Crippen LogP contribution in [-0.2, 0) is 16.6 Å². The summed E-state index contributed by atoms with van der Waals surface area (Å²) in [4.78, 5) is 17.3. The molecule has 0 bridgehead atoms. The van der Waals surface area contributed by atoms with Crippen molar-refractivity contribution in [1.82, 2.24) is 13.8 Å². The summed E-state index contributed by atoms with van der Waals surface area (Å²) in [6.07, 6.45) is 2.75. The van der Waals surface area contributed by atoms with Gasteiger partial charge in [-0.3, -0.25) is 9.69 Å². The number of hydrogen-bond donors (Lipinski definition) is 0. The number of carbonyl (C=O) groups is 1. The zero-order valence-corrected chi connectivity index (χ0v) is 17.9. The molecule has 2 aromatic rings. The zero-order valence-electron chi connectivity index (χ0n) is 17.1. The second-order valence-corrected chi connectivity index (χ2v) is 9.89. The standard InChI is InChI=1S/C21H27FN4O3S/c1-23-11-7-19(27)21-20(30(23,28)29)8-12-26(21)10-2-9-24-13-15-25(16-14-24)18-5-3-17(22)4-6-18/h3-6,8,12H,2,7,9-11,13-16H2,1H3. The van der Waals surface area contributed by atoms with Crippen molar-refractivity contribution < 1.29 is 17.6 Å². The van der Waals surface area contributed by atoms with E-state index in [4.69, 9.17) is 0 Å². The lowest BCUT2D eigenvalue weighted by atomic mass is 10.2. The summed E-state index contributed by atoms with van der Waals surface area (Å²) in [7, 11) is -2.08. The SMILES string of the molecule is CN1CCC(=O)c2c(ccn2CCCN2CCN(c3ccc(F)cc3)CC2)S1(=O)=O. The van der Waals surface area contributed by atoms with Crippen LogP contribution < -0.4 is 4.90 Å². The molecule has 1 saturated heterocycles. The van der Waals surface area contributed by atoms with Crippen LogP contribution in [0.1, 0.15) is 23.3 Å². The van der Waals surface area contributed by atoms with Gasteiger partial charge in [0.1, 0.15) is 16.4 Å². The maximum absolute atomic E-state index is 13.1. The number of hydrogen-bond acceptors (Lipinski definition) is 5. The number of aromatic nitrogens is 1. The first kappa shape index (κ1) is 21.0. The normalized spacial score (nSPS) is 20.2. The van der Waals surface area contributed by atoms with E-state index in [1.807, 2.05) is 12.1 Å². The van der Waals surface area contributed by atoms with Crippen molar-refractivity contribution >= 4 is 21.5 Å². The monoisotopic (exact) mass is 434 g/mol. The molecule has 0 aliphatic carbocycles. The number of ketones is 1. The molecule has 2 aliphatic heterocycles. The first-order chi connectivity index (χ1) is 14.4. The quantitative estimate of drug-likeness (QED) is 0.721. The average Bonchev–Trinajstić information content (AvgIpc) is 3.14. The predicted molar refractivity (Wildman–Crippen MR) is 113 cm³/mol. The average molecular weight is 435 g/mol.